The van der Waals surface area contributed by atoms with Gasteiger partial charge in [0.15, 0.2) is 0 Å². The van der Waals surface area contributed by atoms with E-state index in [2.05, 4.69) is 5.10 Å². The van der Waals surface area contributed by atoms with Crippen LogP contribution in [0.2, 0.25) is 0 Å². The Kier molecular flexibility index (Phi) is 4.78. The van der Waals surface area contributed by atoms with Crippen molar-refractivity contribution in [2.24, 2.45) is 0 Å². The highest BCUT2D eigenvalue weighted by molar-refractivity contribution is 8.13. The Morgan fingerprint density at radius 2 is 2.10 bits per heavy atom. The largest absolute Gasteiger partial charge is 0.410 e. The van der Waals surface area contributed by atoms with E-state index < -0.39 is 49.9 Å². The molecule has 0 spiro atoms. The smallest absolute Gasteiger partial charge is 0.358 e. The van der Waals surface area contributed by atoms with Crippen LogP contribution in [0.4, 0.5) is 19.0 Å². The van der Waals surface area contributed by atoms with E-state index in [-0.39, 0.29) is 0 Å². The second kappa shape index (κ2) is 5.85. The van der Waals surface area contributed by atoms with Crippen molar-refractivity contribution >= 4 is 31.5 Å². The zero-order valence-corrected chi connectivity index (χ0v) is 11.4. The van der Waals surface area contributed by atoms with Gasteiger partial charge >= 0.3 is 12.0 Å². The number of carbonyl (C=O) groups is 1. The molecule has 9 nitrogen and oxygen atoms in total. The minimum atomic E-state index is -4.63. The lowest BCUT2D eigenvalue weighted by Crippen LogP contribution is -2.35. The quantitative estimate of drug-likeness (QED) is 0.465. The number of carbonyl (C=O) groups excluding carboxylic acids is 1. The molecule has 1 heterocycles. The third-order valence-corrected chi connectivity index (χ3v) is 3.25. The summed E-state index contributed by atoms with van der Waals surface area (Å²) in [5.41, 5.74) is 0. The highest BCUT2D eigenvalue weighted by Crippen LogP contribution is 2.24. The first kappa shape index (κ1) is 17.2. The number of nitrogens with one attached hydrogen (secondary N) is 1. The van der Waals surface area contributed by atoms with Gasteiger partial charge < -0.3 is 15.4 Å². The summed E-state index contributed by atoms with van der Waals surface area (Å²) in [5, 5.41) is 15.2. The molecule has 0 fully saturated rings. The van der Waals surface area contributed by atoms with Gasteiger partial charge in [0.2, 0.25) is 10.8 Å². The molecule has 118 valence electrons. The third-order valence-electron chi connectivity index (χ3n) is 1.94. The van der Waals surface area contributed by atoms with E-state index in [1.165, 1.54) is 5.32 Å². The first-order valence-corrected chi connectivity index (χ1v) is 7.21. The maximum absolute atomic E-state index is 11.9. The van der Waals surface area contributed by atoms with Crippen LogP contribution >= 0.6 is 10.7 Å². The van der Waals surface area contributed by atoms with E-state index >= 15 is 0 Å². The molecule has 0 saturated heterocycles. The molecule has 0 aliphatic rings. The standard InChI is InChI=1S/C7H6ClF3N4O5S/c8-21(19,20)4-1-14(13-6(4)15(17)18)2-5(16)12-3-7(9,10)11/h1H,2-3H2,(H,12,16). The van der Waals surface area contributed by atoms with E-state index in [1.54, 1.807) is 0 Å². The minimum absolute atomic E-state index is 0.499. The predicted molar refractivity (Wildman–Crippen MR) is 61.0 cm³/mol. The normalized spacial score (nSPS) is 12.2. The summed E-state index contributed by atoms with van der Waals surface area (Å²) < 4.78 is 58.2. The van der Waals surface area contributed by atoms with Gasteiger partial charge in [0.25, 0.3) is 9.05 Å². The highest BCUT2D eigenvalue weighted by Gasteiger charge is 2.31. The first-order chi connectivity index (χ1) is 9.40. The minimum Gasteiger partial charge on any atom is -0.358 e. The van der Waals surface area contributed by atoms with Gasteiger partial charge in [0.05, 0.1) is 11.3 Å². The fraction of sp³-hybridized carbons (Fsp3) is 0.429. The van der Waals surface area contributed by atoms with E-state index in [1.807, 2.05) is 0 Å². The average Bonchev–Trinajstić information content (AvgIpc) is 2.69. The second-order valence-electron chi connectivity index (χ2n) is 3.60. The average molecular weight is 351 g/mol. The van der Waals surface area contributed by atoms with Crippen LogP contribution in [0.25, 0.3) is 0 Å². The fourth-order valence-electron chi connectivity index (χ4n) is 1.17. The summed E-state index contributed by atoms with van der Waals surface area (Å²) in [5.74, 6) is -2.29. The van der Waals surface area contributed by atoms with Crippen molar-refractivity contribution < 1.29 is 31.3 Å². The van der Waals surface area contributed by atoms with Crippen molar-refractivity contribution in [2.45, 2.75) is 17.6 Å². The first-order valence-electron chi connectivity index (χ1n) is 4.90. The number of alkyl halides is 3. The van der Waals surface area contributed by atoms with Crippen LogP contribution in [0.15, 0.2) is 11.1 Å². The Hall–Kier alpha value is -1.89. The summed E-state index contributed by atoms with van der Waals surface area (Å²) in [6.45, 7) is -2.45. The fourth-order valence-corrected chi connectivity index (χ4v) is 2.08. The molecule has 14 heteroatoms. The molecule has 1 aromatic heterocycles. The number of nitrogens with zero attached hydrogens (tertiary/aromatic N) is 3. The molecular formula is C7H6ClF3N4O5S. The van der Waals surface area contributed by atoms with Crippen molar-refractivity contribution in [3.8, 4) is 0 Å². The summed E-state index contributed by atoms with van der Waals surface area (Å²) in [6, 6.07) is 0. The number of hydrogen-bond acceptors (Lipinski definition) is 6. The Morgan fingerprint density at radius 1 is 1.52 bits per heavy atom. The van der Waals surface area contributed by atoms with Gasteiger partial charge in [0.1, 0.15) is 13.1 Å². The van der Waals surface area contributed by atoms with Gasteiger partial charge in [-0.3, -0.25) is 4.79 Å². The van der Waals surface area contributed by atoms with Gasteiger partial charge in [-0.25, -0.2) is 8.42 Å². The Balaban J connectivity index is 2.91. The second-order valence-corrected chi connectivity index (χ2v) is 6.14. The van der Waals surface area contributed by atoms with Crippen molar-refractivity contribution in [1.29, 1.82) is 0 Å². The monoisotopic (exact) mass is 350 g/mol. The molecule has 0 atom stereocenters. The van der Waals surface area contributed by atoms with Crippen molar-refractivity contribution in [2.75, 3.05) is 6.54 Å². The number of amides is 1. The molecule has 0 radical (unpaired) electrons. The number of rotatable bonds is 5. The lowest BCUT2D eigenvalue weighted by molar-refractivity contribution is -0.392. The maximum atomic E-state index is 11.9. The lowest BCUT2D eigenvalue weighted by Gasteiger charge is -2.06. The van der Waals surface area contributed by atoms with Crippen LogP contribution in [0.1, 0.15) is 0 Å². The van der Waals surface area contributed by atoms with Crippen LogP contribution < -0.4 is 5.32 Å². The van der Waals surface area contributed by atoms with Crippen molar-refractivity contribution in [3.05, 3.63) is 16.3 Å². The van der Waals surface area contributed by atoms with Gasteiger partial charge in [-0.2, -0.15) is 17.9 Å². The molecule has 21 heavy (non-hydrogen) atoms. The number of hydrogen-bond donors (Lipinski definition) is 1. The van der Waals surface area contributed by atoms with E-state index in [9.17, 15) is 36.5 Å². The van der Waals surface area contributed by atoms with E-state index in [0.29, 0.717) is 10.9 Å². The molecule has 0 aliphatic carbocycles. The molecular weight excluding hydrogens is 345 g/mol. The summed E-state index contributed by atoms with van der Waals surface area (Å²) in [7, 11) is 0.450. The molecule has 1 aromatic rings. The molecule has 1 amide bonds. The highest BCUT2D eigenvalue weighted by atomic mass is 35.7. The number of nitro groups is 1. The van der Waals surface area contributed by atoms with Crippen molar-refractivity contribution in [3.63, 3.8) is 0 Å². The van der Waals surface area contributed by atoms with E-state index in [0.717, 1.165) is 0 Å². The zero-order valence-electron chi connectivity index (χ0n) is 9.79. The van der Waals surface area contributed by atoms with Crippen LogP contribution in [-0.4, -0.2) is 41.7 Å². The summed E-state index contributed by atoms with van der Waals surface area (Å²) >= 11 is 0. The van der Waals surface area contributed by atoms with Crippen LogP contribution in [0, 0.1) is 10.1 Å². The van der Waals surface area contributed by atoms with Crippen LogP contribution in [0.3, 0.4) is 0 Å². The van der Waals surface area contributed by atoms with Crippen LogP contribution in [0.5, 0.6) is 0 Å². The number of aromatic nitrogens is 2. The van der Waals surface area contributed by atoms with Gasteiger partial charge in [-0.05, 0) is 4.92 Å². The Morgan fingerprint density at radius 3 is 2.48 bits per heavy atom. The third kappa shape index (κ3) is 5.18. The molecule has 0 saturated carbocycles. The SMILES string of the molecule is O=C(Cn1cc(S(=O)(=O)Cl)c([N+](=O)[O-])n1)NCC(F)(F)F. The lowest BCUT2D eigenvalue weighted by atomic mass is 10.5. The zero-order chi connectivity index (χ0) is 16.4. The topological polar surface area (TPSA) is 124 Å². The predicted octanol–water partition coefficient (Wildman–Crippen LogP) is 0.397. The molecule has 0 aromatic carbocycles. The number of halogens is 4. The molecule has 1 N–H and O–H groups in total. The Labute approximate surface area is 119 Å². The Bertz CT molecular complexity index is 670. The van der Waals surface area contributed by atoms with Crippen molar-refractivity contribution in [1.82, 2.24) is 15.1 Å². The molecule has 1 rings (SSSR count). The van der Waals surface area contributed by atoms with Gasteiger partial charge in [0, 0.05) is 10.7 Å². The molecule has 0 unspecified atom stereocenters. The molecule has 0 bridgehead atoms. The van der Waals surface area contributed by atoms with E-state index in [4.69, 9.17) is 10.7 Å². The van der Waals surface area contributed by atoms with Gasteiger partial charge in [-0.1, -0.05) is 0 Å². The maximum Gasteiger partial charge on any atom is 0.410 e. The van der Waals surface area contributed by atoms with Gasteiger partial charge in [-0.15, -0.1) is 0 Å². The molecule has 0 aliphatic heterocycles. The summed E-state index contributed by atoms with van der Waals surface area (Å²) in [6.07, 6.45) is -4.05. The van der Waals surface area contributed by atoms with Crippen LogP contribution in [-0.2, 0) is 20.4 Å². The summed E-state index contributed by atoms with van der Waals surface area (Å²) in [4.78, 5) is 19.6.